The lowest BCUT2D eigenvalue weighted by molar-refractivity contribution is 0.651. The monoisotopic (exact) mass is 222 g/mol. The number of rotatable bonds is 2. The minimum absolute atomic E-state index is 0.00519. The molecular formula is C11H14N2OS. The molecule has 0 aromatic carbocycles. The molecule has 0 saturated carbocycles. The maximum absolute atomic E-state index is 11.8. The fourth-order valence-electron chi connectivity index (χ4n) is 1.70. The van der Waals surface area contributed by atoms with Gasteiger partial charge >= 0.3 is 0 Å². The van der Waals surface area contributed by atoms with E-state index in [1.807, 2.05) is 12.3 Å². The molecular weight excluding hydrogens is 208 g/mol. The van der Waals surface area contributed by atoms with Crippen LogP contribution in [0.15, 0.2) is 10.2 Å². The first kappa shape index (κ1) is 10.4. The van der Waals surface area contributed by atoms with E-state index in [0.29, 0.717) is 11.7 Å². The van der Waals surface area contributed by atoms with Crippen LogP contribution in [-0.2, 0) is 6.42 Å². The maximum Gasteiger partial charge on any atom is 0.259 e. The highest BCUT2D eigenvalue weighted by Crippen LogP contribution is 2.23. The third kappa shape index (κ3) is 1.95. The Morgan fingerprint density at radius 3 is 2.93 bits per heavy atom. The SMILES string of the molecule is Cc1nc2scc(CC(C)C)c2c(=O)[nH]1. The second-order valence-corrected chi connectivity index (χ2v) is 5.05. The molecule has 0 aliphatic heterocycles. The summed E-state index contributed by atoms with van der Waals surface area (Å²) >= 11 is 1.55. The summed E-state index contributed by atoms with van der Waals surface area (Å²) in [6.45, 7) is 6.11. The summed E-state index contributed by atoms with van der Waals surface area (Å²) < 4.78 is 0. The first-order valence-corrected chi connectivity index (χ1v) is 5.93. The summed E-state index contributed by atoms with van der Waals surface area (Å²) in [5, 5.41) is 2.83. The van der Waals surface area contributed by atoms with Gasteiger partial charge in [-0.25, -0.2) is 4.98 Å². The third-order valence-corrected chi connectivity index (χ3v) is 3.19. The van der Waals surface area contributed by atoms with Gasteiger partial charge in [0.15, 0.2) is 0 Å². The molecule has 0 aliphatic rings. The fourth-order valence-corrected chi connectivity index (χ4v) is 2.70. The zero-order chi connectivity index (χ0) is 11.0. The van der Waals surface area contributed by atoms with Crippen LogP contribution < -0.4 is 5.56 Å². The van der Waals surface area contributed by atoms with Crippen molar-refractivity contribution in [3.63, 3.8) is 0 Å². The molecule has 0 bridgehead atoms. The molecule has 0 spiro atoms. The lowest BCUT2D eigenvalue weighted by atomic mass is 10.0. The normalized spacial score (nSPS) is 11.5. The summed E-state index contributed by atoms with van der Waals surface area (Å²) in [5.41, 5.74) is 1.12. The van der Waals surface area contributed by atoms with Crippen molar-refractivity contribution in [1.82, 2.24) is 9.97 Å². The quantitative estimate of drug-likeness (QED) is 0.848. The molecule has 0 saturated heterocycles. The molecule has 0 aliphatic carbocycles. The van der Waals surface area contributed by atoms with Gasteiger partial charge in [0.1, 0.15) is 10.7 Å². The van der Waals surface area contributed by atoms with Crippen LogP contribution >= 0.6 is 11.3 Å². The Kier molecular flexibility index (Phi) is 2.61. The van der Waals surface area contributed by atoms with Gasteiger partial charge in [-0.05, 0) is 30.2 Å². The fraction of sp³-hybridized carbons (Fsp3) is 0.455. The predicted molar refractivity (Wildman–Crippen MR) is 63.5 cm³/mol. The van der Waals surface area contributed by atoms with Gasteiger partial charge in [-0.15, -0.1) is 11.3 Å². The Hall–Kier alpha value is -1.16. The molecule has 2 aromatic rings. The van der Waals surface area contributed by atoms with E-state index in [4.69, 9.17) is 0 Å². The number of aryl methyl sites for hydroxylation is 1. The van der Waals surface area contributed by atoms with E-state index in [1.165, 1.54) is 0 Å². The molecule has 2 heterocycles. The van der Waals surface area contributed by atoms with Gasteiger partial charge in [0, 0.05) is 0 Å². The zero-order valence-electron chi connectivity index (χ0n) is 9.13. The highest BCUT2D eigenvalue weighted by Gasteiger charge is 2.10. The van der Waals surface area contributed by atoms with Gasteiger partial charge in [0.05, 0.1) is 5.39 Å². The van der Waals surface area contributed by atoms with Crippen molar-refractivity contribution in [3.8, 4) is 0 Å². The van der Waals surface area contributed by atoms with Crippen molar-refractivity contribution in [3.05, 3.63) is 27.1 Å². The zero-order valence-corrected chi connectivity index (χ0v) is 9.94. The van der Waals surface area contributed by atoms with Gasteiger partial charge < -0.3 is 4.98 Å². The lowest BCUT2D eigenvalue weighted by Gasteiger charge is -2.02. The number of fused-ring (bicyclic) bond motifs is 1. The lowest BCUT2D eigenvalue weighted by Crippen LogP contribution is -2.10. The standard InChI is InChI=1S/C11H14N2OS/c1-6(2)4-8-5-15-11-9(8)10(14)12-7(3)13-11/h5-6H,4H2,1-3H3,(H,12,13,14). The molecule has 2 rings (SSSR count). The smallest absolute Gasteiger partial charge is 0.259 e. The van der Waals surface area contributed by atoms with Crippen LogP contribution in [0, 0.1) is 12.8 Å². The van der Waals surface area contributed by atoms with Crippen LogP contribution in [0.1, 0.15) is 25.2 Å². The van der Waals surface area contributed by atoms with Crippen LogP contribution in [0.4, 0.5) is 0 Å². The highest BCUT2D eigenvalue weighted by molar-refractivity contribution is 7.16. The molecule has 1 N–H and O–H groups in total. The van der Waals surface area contributed by atoms with Gasteiger partial charge in [-0.1, -0.05) is 13.8 Å². The molecule has 0 fully saturated rings. The molecule has 4 heteroatoms. The van der Waals surface area contributed by atoms with Crippen molar-refractivity contribution in [2.75, 3.05) is 0 Å². The Morgan fingerprint density at radius 2 is 2.27 bits per heavy atom. The van der Waals surface area contributed by atoms with Crippen LogP contribution in [0.5, 0.6) is 0 Å². The topological polar surface area (TPSA) is 45.8 Å². The van der Waals surface area contributed by atoms with E-state index < -0.39 is 0 Å². The third-order valence-electron chi connectivity index (χ3n) is 2.27. The van der Waals surface area contributed by atoms with Crippen LogP contribution in [0.3, 0.4) is 0 Å². The van der Waals surface area contributed by atoms with Crippen LogP contribution in [0.2, 0.25) is 0 Å². The molecule has 80 valence electrons. The first-order chi connectivity index (χ1) is 7.08. The highest BCUT2D eigenvalue weighted by atomic mass is 32.1. The number of H-pyrrole nitrogens is 1. The minimum atomic E-state index is -0.00519. The minimum Gasteiger partial charge on any atom is -0.310 e. The number of nitrogens with one attached hydrogen (secondary N) is 1. The van der Waals surface area contributed by atoms with Crippen molar-refractivity contribution >= 4 is 21.6 Å². The van der Waals surface area contributed by atoms with Crippen molar-refractivity contribution in [1.29, 1.82) is 0 Å². The molecule has 0 amide bonds. The van der Waals surface area contributed by atoms with Crippen LogP contribution in [0.25, 0.3) is 10.2 Å². The van der Waals surface area contributed by atoms with Crippen molar-refractivity contribution in [2.24, 2.45) is 5.92 Å². The molecule has 0 atom stereocenters. The van der Waals surface area contributed by atoms with Gasteiger partial charge in [0.25, 0.3) is 5.56 Å². The summed E-state index contributed by atoms with van der Waals surface area (Å²) in [6, 6.07) is 0. The largest absolute Gasteiger partial charge is 0.310 e. The number of hydrogen-bond acceptors (Lipinski definition) is 3. The van der Waals surface area contributed by atoms with E-state index in [0.717, 1.165) is 22.2 Å². The number of aromatic nitrogens is 2. The van der Waals surface area contributed by atoms with Crippen LogP contribution in [-0.4, -0.2) is 9.97 Å². The first-order valence-electron chi connectivity index (χ1n) is 5.05. The number of nitrogens with zero attached hydrogens (tertiary/aromatic N) is 1. The molecule has 3 nitrogen and oxygen atoms in total. The predicted octanol–water partition coefficient (Wildman–Crippen LogP) is 2.49. The van der Waals surface area contributed by atoms with Crippen molar-refractivity contribution in [2.45, 2.75) is 27.2 Å². The summed E-state index contributed by atoms with van der Waals surface area (Å²) in [7, 11) is 0. The summed E-state index contributed by atoms with van der Waals surface area (Å²) in [5.74, 6) is 1.24. The van der Waals surface area contributed by atoms with E-state index >= 15 is 0 Å². The summed E-state index contributed by atoms with van der Waals surface area (Å²) in [6.07, 6.45) is 0.938. The average molecular weight is 222 g/mol. The Morgan fingerprint density at radius 1 is 1.53 bits per heavy atom. The molecule has 2 aromatic heterocycles. The van der Waals surface area contributed by atoms with Gasteiger partial charge in [-0.3, -0.25) is 4.79 Å². The van der Waals surface area contributed by atoms with E-state index in [9.17, 15) is 4.79 Å². The number of thiophene rings is 1. The van der Waals surface area contributed by atoms with E-state index in [2.05, 4.69) is 23.8 Å². The average Bonchev–Trinajstić information content (AvgIpc) is 2.46. The number of hydrogen-bond donors (Lipinski definition) is 1. The van der Waals surface area contributed by atoms with Crippen molar-refractivity contribution < 1.29 is 0 Å². The van der Waals surface area contributed by atoms with Gasteiger partial charge in [-0.2, -0.15) is 0 Å². The van der Waals surface area contributed by atoms with Gasteiger partial charge in [0.2, 0.25) is 0 Å². The molecule has 0 radical (unpaired) electrons. The Bertz CT molecular complexity index is 539. The second-order valence-electron chi connectivity index (χ2n) is 4.19. The summed E-state index contributed by atoms with van der Waals surface area (Å²) in [4.78, 5) is 19.7. The Labute approximate surface area is 92.2 Å². The number of aromatic amines is 1. The van der Waals surface area contributed by atoms with E-state index in [1.54, 1.807) is 11.3 Å². The van der Waals surface area contributed by atoms with E-state index in [-0.39, 0.29) is 5.56 Å². The Balaban J connectivity index is 2.64. The maximum atomic E-state index is 11.8. The molecule has 0 unspecified atom stereocenters. The molecule has 15 heavy (non-hydrogen) atoms. The second kappa shape index (κ2) is 3.77.